The Balaban J connectivity index is 4.46. The number of carbonyl (C=O) groups excluding carboxylic acids is 2. The number of hydrogen-bond donors (Lipinski definition) is 4. The highest BCUT2D eigenvalue weighted by molar-refractivity contribution is 5.91. The van der Waals surface area contributed by atoms with Gasteiger partial charge in [-0.1, -0.05) is 0 Å². The SMILES string of the molecule is CNC(CC(=O)NC(CC(=O)O)C(C)=O)C(=O)O. The summed E-state index contributed by atoms with van der Waals surface area (Å²) in [5, 5.41) is 21.9. The van der Waals surface area contributed by atoms with Crippen molar-refractivity contribution in [2.75, 3.05) is 7.05 Å². The van der Waals surface area contributed by atoms with E-state index in [-0.39, 0.29) is 6.42 Å². The Labute approximate surface area is 103 Å². The smallest absolute Gasteiger partial charge is 0.321 e. The quantitative estimate of drug-likeness (QED) is 0.421. The number of ketones is 1. The van der Waals surface area contributed by atoms with Crippen molar-refractivity contribution < 1.29 is 29.4 Å². The average Bonchev–Trinajstić information content (AvgIpc) is 2.23. The first-order chi connectivity index (χ1) is 8.27. The van der Waals surface area contributed by atoms with E-state index in [4.69, 9.17) is 10.2 Å². The summed E-state index contributed by atoms with van der Waals surface area (Å²) in [6, 6.07) is -2.22. The number of aliphatic carboxylic acids is 2. The molecule has 0 aromatic heterocycles. The van der Waals surface area contributed by atoms with Crippen LogP contribution in [0.15, 0.2) is 0 Å². The zero-order valence-electron chi connectivity index (χ0n) is 10.1. The van der Waals surface area contributed by atoms with E-state index in [1.807, 2.05) is 0 Å². The number of rotatable bonds is 8. The molecule has 0 fully saturated rings. The Morgan fingerprint density at radius 2 is 1.61 bits per heavy atom. The Hall–Kier alpha value is -1.96. The van der Waals surface area contributed by atoms with Crippen LogP contribution < -0.4 is 10.6 Å². The van der Waals surface area contributed by atoms with E-state index in [0.29, 0.717) is 0 Å². The molecule has 8 heteroatoms. The van der Waals surface area contributed by atoms with Gasteiger partial charge in [-0.15, -0.1) is 0 Å². The summed E-state index contributed by atoms with van der Waals surface area (Å²) in [5.41, 5.74) is 0. The highest BCUT2D eigenvalue weighted by Gasteiger charge is 2.24. The Bertz CT molecular complexity index is 354. The van der Waals surface area contributed by atoms with Gasteiger partial charge >= 0.3 is 11.9 Å². The fourth-order valence-electron chi connectivity index (χ4n) is 1.22. The van der Waals surface area contributed by atoms with E-state index >= 15 is 0 Å². The molecule has 0 heterocycles. The van der Waals surface area contributed by atoms with Crippen molar-refractivity contribution in [3.05, 3.63) is 0 Å². The van der Waals surface area contributed by atoms with Gasteiger partial charge in [-0.25, -0.2) is 0 Å². The topological polar surface area (TPSA) is 133 Å². The number of hydrogen-bond acceptors (Lipinski definition) is 5. The average molecular weight is 260 g/mol. The third-order valence-electron chi connectivity index (χ3n) is 2.24. The van der Waals surface area contributed by atoms with E-state index in [9.17, 15) is 19.2 Å². The monoisotopic (exact) mass is 260 g/mol. The van der Waals surface area contributed by atoms with Crippen LogP contribution in [0, 0.1) is 0 Å². The summed E-state index contributed by atoms with van der Waals surface area (Å²) in [6.07, 6.45) is -0.909. The summed E-state index contributed by atoms with van der Waals surface area (Å²) < 4.78 is 0. The van der Waals surface area contributed by atoms with Gasteiger partial charge in [-0.05, 0) is 14.0 Å². The summed E-state index contributed by atoms with van der Waals surface area (Å²) >= 11 is 0. The van der Waals surface area contributed by atoms with Gasteiger partial charge in [0.05, 0.1) is 18.9 Å². The van der Waals surface area contributed by atoms with Crippen LogP contribution in [0.1, 0.15) is 19.8 Å². The number of likely N-dealkylation sites (N-methyl/N-ethyl adjacent to an activating group) is 1. The van der Waals surface area contributed by atoms with Gasteiger partial charge in [0.25, 0.3) is 0 Å². The molecule has 0 saturated carbocycles. The number of Topliss-reactive ketones (excluding diaryl/α,β-unsaturated/α-hetero) is 1. The van der Waals surface area contributed by atoms with Gasteiger partial charge in [0.2, 0.25) is 5.91 Å². The predicted octanol–water partition coefficient (Wildman–Crippen LogP) is -1.40. The van der Waals surface area contributed by atoms with Gasteiger partial charge in [-0.2, -0.15) is 0 Å². The molecule has 0 aliphatic heterocycles. The largest absolute Gasteiger partial charge is 0.481 e. The van der Waals surface area contributed by atoms with Gasteiger partial charge in [0.1, 0.15) is 6.04 Å². The highest BCUT2D eigenvalue weighted by atomic mass is 16.4. The first kappa shape index (κ1) is 16.0. The molecule has 102 valence electrons. The van der Waals surface area contributed by atoms with Crippen LogP contribution in [0.4, 0.5) is 0 Å². The molecule has 0 saturated heterocycles. The molecule has 0 rings (SSSR count). The molecule has 0 aliphatic rings. The van der Waals surface area contributed by atoms with Gasteiger partial charge in [0, 0.05) is 0 Å². The summed E-state index contributed by atoms with van der Waals surface area (Å²) in [5.74, 6) is -3.62. The predicted molar refractivity (Wildman–Crippen MR) is 60.0 cm³/mol. The molecule has 2 atom stereocenters. The van der Waals surface area contributed by atoms with Crippen LogP contribution in [0.25, 0.3) is 0 Å². The minimum absolute atomic E-state index is 0.380. The first-order valence-electron chi connectivity index (χ1n) is 5.19. The Morgan fingerprint density at radius 3 is 1.94 bits per heavy atom. The molecule has 8 nitrogen and oxygen atoms in total. The van der Waals surface area contributed by atoms with Crippen molar-refractivity contribution in [2.24, 2.45) is 0 Å². The molecule has 18 heavy (non-hydrogen) atoms. The molecule has 4 N–H and O–H groups in total. The number of carboxylic acids is 2. The molecule has 0 aliphatic carbocycles. The van der Waals surface area contributed by atoms with Crippen LogP contribution in [0.3, 0.4) is 0 Å². The van der Waals surface area contributed by atoms with Crippen LogP contribution in [-0.4, -0.2) is 53.0 Å². The molecule has 1 amide bonds. The molecule has 0 bridgehead atoms. The fourth-order valence-corrected chi connectivity index (χ4v) is 1.22. The zero-order valence-corrected chi connectivity index (χ0v) is 10.1. The summed E-state index contributed by atoms with van der Waals surface area (Å²) in [7, 11) is 1.38. The molecule has 0 aromatic carbocycles. The van der Waals surface area contributed by atoms with Crippen molar-refractivity contribution in [2.45, 2.75) is 31.8 Å². The molecule has 0 radical (unpaired) electrons. The van der Waals surface area contributed by atoms with Gasteiger partial charge in [0.15, 0.2) is 5.78 Å². The van der Waals surface area contributed by atoms with E-state index in [2.05, 4.69) is 10.6 Å². The second-order valence-electron chi connectivity index (χ2n) is 3.71. The zero-order chi connectivity index (χ0) is 14.3. The van der Waals surface area contributed by atoms with E-state index < -0.39 is 42.1 Å². The van der Waals surface area contributed by atoms with Crippen LogP contribution in [-0.2, 0) is 19.2 Å². The number of nitrogens with one attached hydrogen (secondary N) is 2. The lowest BCUT2D eigenvalue weighted by atomic mass is 10.1. The number of amides is 1. The van der Waals surface area contributed by atoms with Crippen molar-refractivity contribution in [3.63, 3.8) is 0 Å². The Kier molecular flexibility index (Phi) is 6.58. The van der Waals surface area contributed by atoms with Crippen LogP contribution in [0.5, 0.6) is 0 Å². The van der Waals surface area contributed by atoms with Crippen molar-refractivity contribution in [1.82, 2.24) is 10.6 Å². The standard InChI is InChI=1S/C10H16N2O6/c1-5(13)6(4-9(15)16)12-8(14)3-7(11-2)10(17)18/h6-7,11H,3-4H2,1-2H3,(H,12,14)(H,15,16)(H,17,18). The van der Waals surface area contributed by atoms with Gasteiger partial charge < -0.3 is 20.8 Å². The third kappa shape index (κ3) is 5.94. The maximum Gasteiger partial charge on any atom is 0.321 e. The van der Waals surface area contributed by atoms with Crippen molar-refractivity contribution in [1.29, 1.82) is 0 Å². The fraction of sp³-hybridized carbons (Fsp3) is 0.600. The molecule has 2 unspecified atom stereocenters. The first-order valence-corrected chi connectivity index (χ1v) is 5.19. The van der Waals surface area contributed by atoms with Crippen LogP contribution in [0.2, 0.25) is 0 Å². The maximum absolute atomic E-state index is 11.5. The lowest BCUT2D eigenvalue weighted by molar-refractivity contribution is -0.142. The van der Waals surface area contributed by atoms with Gasteiger partial charge in [-0.3, -0.25) is 19.2 Å². The summed E-state index contributed by atoms with van der Waals surface area (Å²) in [4.78, 5) is 43.7. The van der Waals surface area contributed by atoms with E-state index in [1.165, 1.54) is 7.05 Å². The molecular formula is C10H16N2O6. The molecule has 0 aromatic rings. The second kappa shape index (κ2) is 7.38. The number of carboxylic acid groups (broad SMARTS) is 2. The minimum atomic E-state index is -1.22. The summed E-state index contributed by atoms with van der Waals surface area (Å²) in [6.45, 7) is 1.15. The lowest BCUT2D eigenvalue weighted by Gasteiger charge is -2.16. The lowest BCUT2D eigenvalue weighted by Crippen LogP contribution is -2.45. The Morgan fingerprint density at radius 1 is 1.06 bits per heavy atom. The van der Waals surface area contributed by atoms with Crippen molar-refractivity contribution >= 4 is 23.6 Å². The van der Waals surface area contributed by atoms with E-state index in [0.717, 1.165) is 6.92 Å². The second-order valence-corrected chi connectivity index (χ2v) is 3.71. The minimum Gasteiger partial charge on any atom is -0.481 e. The van der Waals surface area contributed by atoms with E-state index in [1.54, 1.807) is 0 Å². The van der Waals surface area contributed by atoms with Crippen molar-refractivity contribution in [3.8, 4) is 0 Å². The number of carbonyl (C=O) groups is 4. The highest BCUT2D eigenvalue weighted by Crippen LogP contribution is 1.98. The van der Waals surface area contributed by atoms with Crippen LogP contribution >= 0.6 is 0 Å². The maximum atomic E-state index is 11.5. The molecular weight excluding hydrogens is 244 g/mol. The molecule has 0 spiro atoms. The normalized spacial score (nSPS) is 13.4. The third-order valence-corrected chi connectivity index (χ3v) is 2.24.